The highest BCUT2D eigenvalue weighted by atomic mass is 32.1. The second kappa shape index (κ2) is 8.83. The molecule has 1 aromatic heterocycles. The first-order valence-electron chi connectivity index (χ1n) is 9.87. The monoisotopic (exact) mass is 455 g/mol. The maximum absolute atomic E-state index is 14.5. The van der Waals surface area contributed by atoms with E-state index in [-0.39, 0.29) is 53.7 Å². The summed E-state index contributed by atoms with van der Waals surface area (Å²) in [7, 11) is 0. The minimum absolute atomic E-state index is 0.150. The SMILES string of the molecule is CCOC(=O)Cn1c(=NC(=O)c2ccc(N3C(=O)CCC3=O)cc2)sc2cccc(F)c21. The minimum atomic E-state index is -0.611. The molecule has 10 heteroatoms. The zero-order valence-electron chi connectivity index (χ0n) is 17.0. The Hall–Kier alpha value is -3.66. The number of ether oxygens (including phenoxy) is 1. The number of thiazole rings is 1. The number of hydrogen-bond acceptors (Lipinski definition) is 6. The Kier molecular flexibility index (Phi) is 5.95. The lowest BCUT2D eigenvalue weighted by molar-refractivity contribution is -0.143. The lowest BCUT2D eigenvalue weighted by Gasteiger charge is -2.13. The molecule has 1 aliphatic rings. The molecule has 1 saturated heterocycles. The number of carbonyl (C=O) groups is 4. The third kappa shape index (κ3) is 4.09. The van der Waals surface area contributed by atoms with Crippen LogP contribution in [0.2, 0.25) is 0 Å². The summed E-state index contributed by atoms with van der Waals surface area (Å²) < 4.78 is 21.3. The Morgan fingerprint density at radius 3 is 2.44 bits per heavy atom. The molecule has 1 fully saturated rings. The van der Waals surface area contributed by atoms with E-state index in [4.69, 9.17) is 4.74 Å². The molecule has 0 radical (unpaired) electrons. The van der Waals surface area contributed by atoms with Crippen molar-refractivity contribution in [3.05, 3.63) is 58.6 Å². The number of nitrogens with zero attached hydrogens (tertiary/aromatic N) is 3. The van der Waals surface area contributed by atoms with Crippen LogP contribution in [0, 0.1) is 5.82 Å². The summed E-state index contributed by atoms with van der Waals surface area (Å²) in [6.07, 6.45) is 0.329. The smallest absolute Gasteiger partial charge is 0.326 e. The van der Waals surface area contributed by atoms with Crippen LogP contribution in [0.15, 0.2) is 47.5 Å². The van der Waals surface area contributed by atoms with E-state index in [0.717, 1.165) is 16.2 Å². The van der Waals surface area contributed by atoms with Gasteiger partial charge >= 0.3 is 5.97 Å². The molecule has 0 unspecified atom stereocenters. The Morgan fingerprint density at radius 1 is 1.09 bits per heavy atom. The molecule has 3 aromatic rings. The van der Waals surface area contributed by atoms with Crippen LogP contribution in [0.3, 0.4) is 0 Å². The maximum atomic E-state index is 14.5. The highest BCUT2D eigenvalue weighted by Gasteiger charge is 2.30. The molecule has 0 N–H and O–H groups in total. The zero-order valence-corrected chi connectivity index (χ0v) is 17.9. The molecule has 3 amide bonds. The van der Waals surface area contributed by atoms with Gasteiger partial charge in [0.05, 0.1) is 22.5 Å². The normalized spacial score (nSPS) is 14.4. The van der Waals surface area contributed by atoms with Gasteiger partial charge in [0.15, 0.2) is 4.80 Å². The van der Waals surface area contributed by atoms with Crippen molar-refractivity contribution in [3.8, 4) is 0 Å². The molecular formula is C22H18FN3O5S. The Labute approximate surface area is 185 Å². The van der Waals surface area contributed by atoms with Crippen LogP contribution < -0.4 is 9.70 Å². The number of halogens is 1. The molecule has 0 spiro atoms. The van der Waals surface area contributed by atoms with Gasteiger partial charge in [-0.3, -0.25) is 24.1 Å². The quantitative estimate of drug-likeness (QED) is 0.435. The molecule has 0 aliphatic carbocycles. The number of carbonyl (C=O) groups excluding carboxylic acids is 4. The molecule has 2 aromatic carbocycles. The van der Waals surface area contributed by atoms with E-state index in [1.807, 2.05) is 0 Å². The van der Waals surface area contributed by atoms with Crippen molar-refractivity contribution in [3.63, 3.8) is 0 Å². The topological polar surface area (TPSA) is 98.0 Å². The van der Waals surface area contributed by atoms with E-state index >= 15 is 0 Å². The summed E-state index contributed by atoms with van der Waals surface area (Å²) in [5.41, 5.74) is 0.766. The molecule has 32 heavy (non-hydrogen) atoms. The lowest BCUT2D eigenvalue weighted by atomic mass is 10.2. The summed E-state index contributed by atoms with van der Waals surface area (Å²) in [5, 5.41) is 0. The minimum Gasteiger partial charge on any atom is -0.465 e. The van der Waals surface area contributed by atoms with Gasteiger partial charge < -0.3 is 9.30 Å². The number of fused-ring (bicyclic) bond motifs is 1. The van der Waals surface area contributed by atoms with Crippen LogP contribution in [0.25, 0.3) is 10.2 Å². The van der Waals surface area contributed by atoms with Gasteiger partial charge in [-0.25, -0.2) is 4.39 Å². The van der Waals surface area contributed by atoms with Gasteiger partial charge in [-0.05, 0) is 43.3 Å². The lowest BCUT2D eigenvalue weighted by Crippen LogP contribution is -2.28. The molecule has 0 bridgehead atoms. The van der Waals surface area contributed by atoms with E-state index in [2.05, 4.69) is 4.99 Å². The summed E-state index contributed by atoms with van der Waals surface area (Å²) in [6.45, 7) is 1.54. The van der Waals surface area contributed by atoms with Gasteiger partial charge in [0.1, 0.15) is 12.4 Å². The van der Waals surface area contributed by atoms with Crippen LogP contribution in [0.1, 0.15) is 30.1 Å². The molecule has 8 nitrogen and oxygen atoms in total. The van der Waals surface area contributed by atoms with E-state index in [1.54, 1.807) is 13.0 Å². The molecule has 1 aliphatic heterocycles. The van der Waals surface area contributed by atoms with E-state index in [9.17, 15) is 23.6 Å². The summed E-state index contributed by atoms with van der Waals surface area (Å²) >= 11 is 1.08. The van der Waals surface area contributed by atoms with Crippen molar-refractivity contribution in [2.45, 2.75) is 26.3 Å². The number of amides is 3. The fourth-order valence-electron chi connectivity index (χ4n) is 3.42. The fraction of sp³-hybridized carbons (Fsp3) is 0.227. The van der Waals surface area contributed by atoms with Gasteiger partial charge in [-0.15, -0.1) is 0 Å². The standard InChI is InChI=1S/C22H18FN3O5S/c1-2-31-19(29)12-25-20-15(23)4-3-5-16(20)32-22(25)24-21(30)13-6-8-14(9-7-13)26-17(27)10-11-18(26)28/h3-9H,2,10-12H2,1H3. The van der Waals surface area contributed by atoms with Crippen LogP contribution in [0.4, 0.5) is 10.1 Å². The third-order valence-electron chi connectivity index (χ3n) is 4.87. The number of benzene rings is 2. The van der Waals surface area contributed by atoms with Crippen molar-refractivity contribution in [2.75, 3.05) is 11.5 Å². The van der Waals surface area contributed by atoms with Gasteiger partial charge in [-0.1, -0.05) is 17.4 Å². The fourth-order valence-corrected chi connectivity index (χ4v) is 4.47. The molecule has 0 saturated carbocycles. The number of aromatic nitrogens is 1. The van der Waals surface area contributed by atoms with E-state index < -0.39 is 17.7 Å². The second-order valence-corrected chi connectivity index (χ2v) is 7.96. The van der Waals surface area contributed by atoms with E-state index in [1.165, 1.54) is 41.0 Å². The van der Waals surface area contributed by atoms with Crippen molar-refractivity contribution in [1.82, 2.24) is 4.57 Å². The average Bonchev–Trinajstić information content (AvgIpc) is 3.28. The summed E-state index contributed by atoms with van der Waals surface area (Å²) in [5.74, 6) is -2.30. The number of hydrogen-bond donors (Lipinski definition) is 0. The first-order valence-corrected chi connectivity index (χ1v) is 10.7. The Balaban J connectivity index is 1.70. The first-order chi connectivity index (χ1) is 15.4. The number of imide groups is 1. The third-order valence-corrected chi connectivity index (χ3v) is 5.91. The van der Waals surface area contributed by atoms with Gasteiger partial charge in [-0.2, -0.15) is 4.99 Å². The first kappa shape index (κ1) is 21.6. The second-order valence-electron chi connectivity index (χ2n) is 6.95. The largest absolute Gasteiger partial charge is 0.465 e. The molecular weight excluding hydrogens is 437 g/mol. The van der Waals surface area contributed by atoms with Crippen molar-refractivity contribution >= 4 is 50.9 Å². The molecule has 4 rings (SSSR count). The zero-order chi connectivity index (χ0) is 22.8. The van der Waals surface area contributed by atoms with Crippen LogP contribution in [-0.2, 0) is 25.7 Å². The number of anilines is 1. The highest BCUT2D eigenvalue weighted by molar-refractivity contribution is 7.16. The van der Waals surface area contributed by atoms with Crippen LogP contribution in [-0.4, -0.2) is 34.9 Å². The number of esters is 1. The molecule has 164 valence electrons. The predicted octanol–water partition coefficient (Wildman–Crippen LogP) is 2.80. The van der Waals surface area contributed by atoms with Crippen LogP contribution in [0.5, 0.6) is 0 Å². The Morgan fingerprint density at radius 2 is 1.78 bits per heavy atom. The van der Waals surface area contributed by atoms with Crippen LogP contribution >= 0.6 is 11.3 Å². The van der Waals surface area contributed by atoms with E-state index in [0.29, 0.717) is 10.4 Å². The Bertz CT molecular complexity index is 1290. The van der Waals surface area contributed by atoms with Gasteiger partial charge in [0.25, 0.3) is 5.91 Å². The van der Waals surface area contributed by atoms with Gasteiger partial charge in [0, 0.05) is 18.4 Å². The predicted molar refractivity (Wildman–Crippen MR) is 114 cm³/mol. The number of rotatable bonds is 5. The summed E-state index contributed by atoms with van der Waals surface area (Å²) in [6, 6.07) is 10.4. The summed E-state index contributed by atoms with van der Waals surface area (Å²) in [4.78, 5) is 53.9. The highest BCUT2D eigenvalue weighted by Crippen LogP contribution is 2.23. The number of para-hydroxylation sites is 1. The average molecular weight is 455 g/mol. The van der Waals surface area contributed by atoms with Crippen molar-refractivity contribution < 1.29 is 28.3 Å². The maximum Gasteiger partial charge on any atom is 0.326 e. The molecule has 2 heterocycles. The van der Waals surface area contributed by atoms with Crippen molar-refractivity contribution in [2.24, 2.45) is 4.99 Å². The molecule has 0 atom stereocenters. The van der Waals surface area contributed by atoms with Crippen molar-refractivity contribution in [1.29, 1.82) is 0 Å². The van der Waals surface area contributed by atoms with Gasteiger partial charge in [0.2, 0.25) is 11.8 Å².